The maximum absolute atomic E-state index is 12.8. The van der Waals surface area contributed by atoms with Crippen LogP contribution in [0, 0.1) is 5.92 Å². The maximum Gasteiger partial charge on any atom is 0.310 e. The van der Waals surface area contributed by atoms with Crippen molar-refractivity contribution in [3.63, 3.8) is 0 Å². The Hall–Kier alpha value is -2.08. The molecule has 1 saturated heterocycles. The Morgan fingerprint density at radius 1 is 1.31 bits per heavy atom. The van der Waals surface area contributed by atoms with Crippen LogP contribution < -0.4 is 5.32 Å². The molecule has 2 atom stereocenters. The van der Waals surface area contributed by atoms with E-state index in [9.17, 15) is 14.4 Å². The van der Waals surface area contributed by atoms with Gasteiger partial charge in [0.2, 0.25) is 11.8 Å². The zero-order valence-corrected chi connectivity index (χ0v) is 15.9. The van der Waals surface area contributed by atoms with Gasteiger partial charge in [-0.2, -0.15) is 0 Å². The van der Waals surface area contributed by atoms with Gasteiger partial charge in [0, 0.05) is 25.0 Å². The minimum absolute atomic E-state index is 0.0901. The highest BCUT2D eigenvalue weighted by Gasteiger charge is 2.30. The third kappa shape index (κ3) is 5.73. The van der Waals surface area contributed by atoms with Crippen molar-refractivity contribution in [2.24, 2.45) is 5.92 Å². The molecule has 1 aliphatic rings. The van der Waals surface area contributed by atoms with Crippen molar-refractivity contribution in [3.05, 3.63) is 34.9 Å². The van der Waals surface area contributed by atoms with E-state index >= 15 is 0 Å². The van der Waals surface area contributed by atoms with Gasteiger partial charge in [0.15, 0.2) is 0 Å². The Balaban J connectivity index is 2.04. The number of rotatable bonds is 6. The van der Waals surface area contributed by atoms with E-state index in [4.69, 9.17) is 16.3 Å². The molecule has 1 heterocycles. The molecule has 1 fully saturated rings. The summed E-state index contributed by atoms with van der Waals surface area (Å²) in [5.74, 6) is -0.822. The van der Waals surface area contributed by atoms with Crippen LogP contribution in [0.1, 0.15) is 44.7 Å². The molecule has 7 heteroatoms. The third-order valence-corrected chi connectivity index (χ3v) is 4.67. The zero-order valence-electron chi connectivity index (χ0n) is 15.2. The summed E-state index contributed by atoms with van der Waals surface area (Å²) in [6, 6.07) is 6.63. The van der Waals surface area contributed by atoms with Gasteiger partial charge in [0.25, 0.3) is 0 Å². The van der Waals surface area contributed by atoms with Crippen molar-refractivity contribution < 1.29 is 19.1 Å². The van der Waals surface area contributed by atoms with Crippen LogP contribution in [0.4, 0.5) is 0 Å². The second-order valence-electron chi connectivity index (χ2n) is 6.44. The molecule has 6 nitrogen and oxygen atoms in total. The summed E-state index contributed by atoms with van der Waals surface area (Å²) < 4.78 is 5.08. The molecule has 142 valence electrons. The van der Waals surface area contributed by atoms with Crippen molar-refractivity contribution in [3.8, 4) is 0 Å². The van der Waals surface area contributed by atoms with E-state index in [1.54, 1.807) is 36.1 Å². The van der Waals surface area contributed by atoms with E-state index in [0.29, 0.717) is 24.7 Å². The lowest BCUT2D eigenvalue weighted by atomic mass is 9.96. The quantitative estimate of drug-likeness (QED) is 0.770. The van der Waals surface area contributed by atoms with E-state index in [2.05, 4.69) is 5.32 Å². The molecule has 0 aliphatic carbocycles. The molecule has 1 aliphatic heterocycles. The molecule has 2 rings (SSSR count). The van der Waals surface area contributed by atoms with Crippen LogP contribution in [0.25, 0.3) is 0 Å². The Kier molecular flexibility index (Phi) is 7.45. The number of esters is 1. The lowest BCUT2D eigenvalue weighted by Crippen LogP contribution is -2.44. The normalized spacial score (nSPS) is 18.1. The monoisotopic (exact) mass is 380 g/mol. The Morgan fingerprint density at radius 3 is 2.62 bits per heavy atom. The van der Waals surface area contributed by atoms with E-state index in [0.717, 1.165) is 18.4 Å². The SMILES string of the molecule is CCOC(=O)C1CCCN(C(=O)CC(NC(C)=O)c2ccc(Cl)cc2)C1. The summed E-state index contributed by atoms with van der Waals surface area (Å²) in [6.07, 6.45) is 1.63. The first-order valence-corrected chi connectivity index (χ1v) is 9.25. The fraction of sp³-hybridized carbons (Fsp3) is 0.526. The van der Waals surface area contributed by atoms with Gasteiger partial charge in [-0.1, -0.05) is 23.7 Å². The minimum atomic E-state index is -0.430. The number of carbonyl (C=O) groups is 3. The van der Waals surface area contributed by atoms with Crippen molar-refractivity contribution in [2.75, 3.05) is 19.7 Å². The average Bonchev–Trinajstić information content (AvgIpc) is 2.61. The summed E-state index contributed by atoms with van der Waals surface area (Å²) in [5.41, 5.74) is 0.817. The van der Waals surface area contributed by atoms with Crippen molar-refractivity contribution in [2.45, 2.75) is 39.2 Å². The number of nitrogens with one attached hydrogen (secondary N) is 1. The molecule has 1 aromatic carbocycles. The van der Waals surface area contributed by atoms with Crippen LogP contribution in [-0.4, -0.2) is 42.4 Å². The summed E-state index contributed by atoms with van der Waals surface area (Å²) >= 11 is 5.91. The number of amides is 2. The molecule has 1 aromatic rings. The Morgan fingerprint density at radius 2 is 2.00 bits per heavy atom. The molecule has 0 radical (unpaired) electrons. The second-order valence-corrected chi connectivity index (χ2v) is 6.88. The molecular formula is C19H25ClN2O4. The van der Waals surface area contributed by atoms with E-state index in [1.165, 1.54) is 6.92 Å². The van der Waals surface area contributed by atoms with Crippen LogP contribution in [0.2, 0.25) is 5.02 Å². The first-order valence-electron chi connectivity index (χ1n) is 8.87. The number of halogens is 1. The first-order chi connectivity index (χ1) is 12.4. The lowest BCUT2D eigenvalue weighted by Gasteiger charge is -2.32. The molecule has 0 spiro atoms. The first kappa shape index (κ1) is 20.2. The number of ether oxygens (including phenoxy) is 1. The fourth-order valence-corrected chi connectivity index (χ4v) is 3.28. The summed E-state index contributed by atoms with van der Waals surface area (Å²) in [4.78, 5) is 37.9. The van der Waals surface area contributed by atoms with Gasteiger partial charge >= 0.3 is 5.97 Å². The largest absolute Gasteiger partial charge is 0.466 e. The number of piperidine rings is 1. The summed E-state index contributed by atoms with van der Waals surface area (Å²) in [5, 5.41) is 3.41. The molecule has 26 heavy (non-hydrogen) atoms. The van der Waals surface area contributed by atoms with Gasteiger partial charge in [-0.3, -0.25) is 14.4 Å². The minimum Gasteiger partial charge on any atom is -0.466 e. The Bertz CT molecular complexity index is 647. The van der Waals surface area contributed by atoms with Crippen molar-refractivity contribution >= 4 is 29.4 Å². The van der Waals surface area contributed by atoms with Gasteiger partial charge in [0.05, 0.1) is 25.0 Å². The summed E-state index contributed by atoms with van der Waals surface area (Å²) in [6.45, 7) is 4.51. The van der Waals surface area contributed by atoms with E-state index in [1.807, 2.05) is 0 Å². The third-order valence-electron chi connectivity index (χ3n) is 4.42. The molecule has 0 bridgehead atoms. The van der Waals surface area contributed by atoms with Crippen LogP contribution >= 0.6 is 11.6 Å². The number of likely N-dealkylation sites (tertiary alicyclic amines) is 1. The molecular weight excluding hydrogens is 356 g/mol. The average molecular weight is 381 g/mol. The number of hydrogen-bond acceptors (Lipinski definition) is 4. The van der Waals surface area contributed by atoms with Gasteiger partial charge in [0.1, 0.15) is 0 Å². The van der Waals surface area contributed by atoms with E-state index < -0.39 is 6.04 Å². The van der Waals surface area contributed by atoms with Crippen LogP contribution in [-0.2, 0) is 19.1 Å². The van der Waals surface area contributed by atoms with E-state index in [-0.39, 0.29) is 30.1 Å². The topological polar surface area (TPSA) is 75.7 Å². The standard InChI is InChI=1S/C19H25ClN2O4/c1-3-26-19(25)15-5-4-10-22(12-15)18(24)11-17(21-13(2)23)14-6-8-16(20)9-7-14/h6-9,15,17H,3-5,10-12H2,1-2H3,(H,21,23). The van der Waals surface area contributed by atoms with Crippen LogP contribution in [0.3, 0.4) is 0 Å². The lowest BCUT2D eigenvalue weighted by molar-refractivity contribution is -0.151. The molecule has 0 aromatic heterocycles. The van der Waals surface area contributed by atoms with Gasteiger partial charge in [-0.05, 0) is 37.5 Å². The number of hydrogen-bond donors (Lipinski definition) is 1. The predicted octanol–water partition coefficient (Wildman–Crippen LogP) is 2.71. The van der Waals surface area contributed by atoms with Gasteiger partial charge in [-0.15, -0.1) is 0 Å². The van der Waals surface area contributed by atoms with Crippen molar-refractivity contribution in [1.29, 1.82) is 0 Å². The van der Waals surface area contributed by atoms with Gasteiger partial charge in [-0.25, -0.2) is 0 Å². The zero-order chi connectivity index (χ0) is 19.1. The van der Waals surface area contributed by atoms with Crippen LogP contribution in [0.5, 0.6) is 0 Å². The fourth-order valence-electron chi connectivity index (χ4n) is 3.15. The van der Waals surface area contributed by atoms with Crippen molar-refractivity contribution in [1.82, 2.24) is 10.2 Å². The predicted molar refractivity (Wildman–Crippen MR) is 98.6 cm³/mol. The number of benzene rings is 1. The molecule has 1 N–H and O–H groups in total. The number of carbonyl (C=O) groups excluding carboxylic acids is 3. The maximum atomic E-state index is 12.8. The summed E-state index contributed by atoms with van der Waals surface area (Å²) in [7, 11) is 0. The highest BCUT2D eigenvalue weighted by molar-refractivity contribution is 6.30. The van der Waals surface area contributed by atoms with Gasteiger partial charge < -0.3 is 15.0 Å². The highest BCUT2D eigenvalue weighted by Crippen LogP contribution is 2.23. The molecule has 0 saturated carbocycles. The molecule has 2 unspecified atom stereocenters. The Labute approximate surface area is 158 Å². The van der Waals surface area contributed by atoms with Crippen LogP contribution in [0.15, 0.2) is 24.3 Å². The smallest absolute Gasteiger partial charge is 0.310 e. The number of nitrogens with zero attached hydrogens (tertiary/aromatic N) is 1. The second kappa shape index (κ2) is 9.57. The highest BCUT2D eigenvalue weighted by atomic mass is 35.5. The molecule has 2 amide bonds.